The molecule has 12 heavy (non-hydrogen) atoms. The number of aliphatic hydroxyl groups is 1. The number of aliphatic hydroxyl groups excluding tert-OH is 1. The zero-order valence-electron chi connectivity index (χ0n) is 7.07. The van der Waals surface area contributed by atoms with Crippen molar-refractivity contribution in [3.63, 3.8) is 0 Å². The normalized spacial score (nSPS) is 22.2. The van der Waals surface area contributed by atoms with Crippen LogP contribution in [0.5, 0.6) is 0 Å². The van der Waals surface area contributed by atoms with Gasteiger partial charge in [-0.25, -0.2) is 0 Å². The lowest BCUT2D eigenvalue weighted by Gasteiger charge is -2.38. The van der Waals surface area contributed by atoms with Crippen molar-refractivity contribution in [2.75, 3.05) is 11.4 Å². The second-order valence-corrected chi connectivity index (χ2v) is 3.18. The third-order valence-corrected chi connectivity index (χ3v) is 2.18. The Morgan fingerprint density at radius 1 is 1.58 bits per heavy atom. The standard InChI is InChI=1S/C9H12N2O/c1-7-4-8(6-10-5-7)11-3-2-9(11)12/h4-6,9,12H,2-3H2,1H3. The van der Waals surface area contributed by atoms with Crippen molar-refractivity contribution in [1.29, 1.82) is 0 Å². The van der Waals surface area contributed by atoms with E-state index in [1.807, 2.05) is 24.1 Å². The van der Waals surface area contributed by atoms with Crippen LogP contribution in [0.3, 0.4) is 0 Å². The van der Waals surface area contributed by atoms with E-state index in [0.29, 0.717) is 0 Å². The summed E-state index contributed by atoms with van der Waals surface area (Å²) in [6.07, 6.45) is 4.17. The van der Waals surface area contributed by atoms with Gasteiger partial charge in [-0.3, -0.25) is 4.98 Å². The number of nitrogens with zero attached hydrogens (tertiary/aromatic N) is 2. The minimum Gasteiger partial charge on any atom is -0.374 e. The van der Waals surface area contributed by atoms with Gasteiger partial charge < -0.3 is 10.0 Å². The summed E-state index contributed by atoms with van der Waals surface area (Å²) in [4.78, 5) is 6.01. The maximum atomic E-state index is 9.35. The van der Waals surface area contributed by atoms with Crippen LogP contribution in [0.15, 0.2) is 18.5 Å². The first-order valence-corrected chi connectivity index (χ1v) is 4.14. The van der Waals surface area contributed by atoms with Crippen molar-refractivity contribution in [2.45, 2.75) is 19.6 Å². The van der Waals surface area contributed by atoms with E-state index in [1.54, 1.807) is 6.20 Å². The third-order valence-electron chi connectivity index (χ3n) is 2.18. The van der Waals surface area contributed by atoms with Gasteiger partial charge in [0, 0.05) is 19.2 Å². The molecular formula is C9H12N2O. The zero-order chi connectivity index (χ0) is 8.55. The summed E-state index contributed by atoms with van der Waals surface area (Å²) in [7, 11) is 0. The van der Waals surface area contributed by atoms with E-state index < -0.39 is 0 Å². The first kappa shape index (κ1) is 7.55. The largest absolute Gasteiger partial charge is 0.374 e. The molecule has 2 heterocycles. The maximum absolute atomic E-state index is 9.35. The Kier molecular flexibility index (Phi) is 1.73. The molecule has 1 saturated heterocycles. The Hall–Kier alpha value is -1.09. The fraction of sp³-hybridized carbons (Fsp3) is 0.444. The predicted molar refractivity (Wildman–Crippen MR) is 46.9 cm³/mol. The Labute approximate surface area is 71.7 Å². The van der Waals surface area contributed by atoms with Gasteiger partial charge in [0.25, 0.3) is 0 Å². The molecule has 3 heteroatoms. The van der Waals surface area contributed by atoms with Crippen LogP contribution < -0.4 is 4.90 Å². The number of aryl methyl sites for hydroxylation is 1. The minimum atomic E-state index is -0.298. The molecule has 0 spiro atoms. The molecule has 1 aliphatic rings. The Morgan fingerprint density at radius 3 is 2.92 bits per heavy atom. The highest BCUT2D eigenvalue weighted by Gasteiger charge is 2.25. The fourth-order valence-corrected chi connectivity index (χ4v) is 1.37. The van der Waals surface area contributed by atoms with Gasteiger partial charge in [0.05, 0.1) is 11.9 Å². The molecule has 0 aliphatic carbocycles. The van der Waals surface area contributed by atoms with Gasteiger partial charge in [-0.15, -0.1) is 0 Å². The molecule has 2 rings (SSSR count). The number of pyridine rings is 1. The molecule has 1 fully saturated rings. The molecule has 3 nitrogen and oxygen atoms in total. The number of aromatic nitrogens is 1. The molecule has 1 aliphatic heterocycles. The van der Waals surface area contributed by atoms with Crippen LogP contribution in [0.2, 0.25) is 0 Å². The van der Waals surface area contributed by atoms with Crippen LogP contribution in [0.1, 0.15) is 12.0 Å². The molecule has 0 saturated carbocycles. The van der Waals surface area contributed by atoms with E-state index in [9.17, 15) is 5.11 Å². The van der Waals surface area contributed by atoms with Crippen LogP contribution in [0.25, 0.3) is 0 Å². The summed E-state index contributed by atoms with van der Waals surface area (Å²) in [6, 6.07) is 2.04. The summed E-state index contributed by atoms with van der Waals surface area (Å²) in [6.45, 7) is 2.94. The first-order valence-electron chi connectivity index (χ1n) is 4.14. The quantitative estimate of drug-likeness (QED) is 0.670. The van der Waals surface area contributed by atoms with E-state index in [-0.39, 0.29) is 6.23 Å². The van der Waals surface area contributed by atoms with E-state index in [4.69, 9.17) is 0 Å². The number of rotatable bonds is 1. The average Bonchev–Trinajstić information content (AvgIpc) is 2.02. The summed E-state index contributed by atoms with van der Waals surface area (Å²) in [5.74, 6) is 0. The van der Waals surface area contributed by atoms with E-state index >= 15 is 0 Å². The van der Waals surface area contributed by atoms with Crippen molar-refractivity contribution in [3.8, 4) is 0 Å². The molecule has 1 unspecified atom stereocenters. The summed E-state index contributed by atoms with van der Waals surface area (Å²) >= 11 is 0. The van der Waals surface area contributed by atoms with Gasteiger partial charge in [-0.05, 0) is 18.6 Å². The Morgan fingerprint density at radius 2 is 2.42 bits per heavy atom. The van der Waals surface area contributed by atoms with Crippen LogP contribution in [0, 0.1) is 6.92 Å². The predicted octanol–water partition coefficient (Wildman–Crippen LogP) is 0.919. The highest BCUT2D eigenvalue weighted by molar-refractivity contribution is 5.48. The fourth-order valence-electron chi connectivity index (χ4n) is 1.37. The maximum Gasteiger partial charge on any atom is 0.128 e. The van der Waals surface area contributed by atoms with E-state index in [0.717, 1.165) is 24.2 Å². The molecule has 0 aromatic carbocycles. The second kappa shape index (κ2) is 2.75. The molecular weight excluding hydrogens is 152 g/mol. The van der Waals surface area contributed by atoms with Gasteiger partial charge in [-0.2, -0.15) is 0 Å². The summed E-state index contributed by atoms with van der Waals surface area (Å²) < 4.78 is 0. The Bertz CT molecular complexity index is 288. The minimum absolute atomic E-state index is 0.298. The van der Waals surface area contributed by atoms with Gasteiger partial charge in [0.1, 0.15) is 6.23 Å². The van der Waals surface area contributed by atoms with Crippen molar-refractivity contribution in [3.05, 3.63) is 24.0 Å². The summed E-state index contributed by atoms with van der Waals surface area (Å²) in [5, 5.41) is 9.35. The molecule has 1 N–H and O–H groups in total. The number of hydrogen-bond acceptors (Lipinski definition) is 3. The van der Waals surface area contributed by atoms with Crippen LogP contribution in [0.4, 0.5) is 5.69 Å². The van der Waals surface area contributed by atoms with Crippen molar-refractivity contribution >= 4 is 5.69 Å². The third kappa shape index (κ3) is 1.16. The van der Waals surface area contributed by atoms with Crippen molar-refractivity contribution < 1.29 is 5.11 Å². The molecule has 64 valence electrons. The lowest BCUT2D eigenvalue weighted by atomic mass is 10.1. The van der Waals surface area contributed by atoms with Crippen molar-refractivity contribution in [1.82, 2.24) is 4.98 Å². The molecule has 0 radical (unpaired) electrons. The van der Waals surface area contributed by atoms with E-state index in [2.05, 4.69) is 4.98 Å². The number of hydrogen-bond donors (Lipinski definition) is 1. The van der Waals surface area contributed by atoms with Gasteiger partial charge >= 0.3 is 0 Å². The van der Waals surface area contributed by atoms with Crippen LogP contribution in [-0.4, -0.2) is 22.9 Å². The smallest absolute Gasteiger partial charge is 0.128 e. The SMILES string of the molecule is Cc1cncc(N2CCC2O)c1. The topological polar surface area (TPSA) is 36.4 Å². The molecule has 0 amide bonds. The lowest BCUT2D eigenvalue weighted by Crippen LogP contribution is -2.47. The van der Waals surface area contributed by atoms with Crippen LogP contribution in [-0.2, 0) is 0 Å². The van der Waals surface area contributed by atoms with Gasteiger partial charge in [0.15, 0.2) is 0 Å². The van der Waals surface area contributed by atoms with Crippen molar-refractivity contribution in [2.24, 2.45) is 0 Å². The van der Waals surface area contributed by atoms with E-state index in [1.165, 1.54) is 0 Å². The molecule has 0 bridgehead atoms. The second-order valence-electron chi connectivity index (χ2n) is 3.18. The Balaban J connectivity index is 2.22. The monoisotopic (exact) mass is 164 g/mol. The highest BCUT2D eigenvalue weighted by Crippen LogP contribution is 2.24. The number of anilines is 1. The summed E-state index contributed by atoms with van der Waals surface area (Å²) in [5.41, 5.74) is 2.15. The average molecular weight is 164 g/mol. The molecule has 1 aromatic rings. The van der Waals surface area contributed by atoms with Crippen LogP contribution >= 0.6 is 0 Å². The molecule has 1 atom stereocenters. The first-order chi connectivity index (χ1) is 5.77. The molecule has 1 aromatic heterocycles. The zero-order valence-corrected chi connectivity index (χ0v) is 7.07. The highest BCUT2D eigenvalue weighted by atomic mass is 16.3. The lowest BCUT2D eigenvalue weighted by molar-refractivity contribution is 0.113. The van der Waals surface area contributed by atoms with Gasteiger partial charge in [-0.1, -0.05) is 0 Å². The van der Waals surface area contributed by atoms with Gasteiger partial charge in [0.2, 0.25) is 0 Å².